The molecule has 30 heavy (non-hydrogen) atoms. The first-order chi connectivity index (χ1) is 14.5. The SMILES string of the molecule is Cn1cncc1C(O)(c1cnc2ccccc2c1)c1ccc2c(ccc(=O)n2C)c1. The zero-order valence-corrected chi connectivity index (χ0v) is 16.6. The minimum atomic E-state index is -1.47. The standard InChI is InChI=1S/C24H20N4O2/c1-27-15-25-14-22(27)24(30,19-11-16-5-3-4-6-20(16)26-13-19)18-8-9-21-17(12-18)7-10-23(29)28(21)2/h3-15,30H,1-2H3. The Morgan fingerprint density at radius 2 is 1.70 bits per heavy atom. The van der Waals surface area contributed by atoms with Crippen LogP contribution in [-0.2, 0) is 19.7 Å². The Bertz CT molecular complexity index is 1470. The number of rotatable bonds is 3. The highest BCUT2D eigenvalue weighted by atomic mass is 16.3. The van der Waals surface area contributed by atoms with Crippen LogP contribution >= 0.6 is 0 Å². The van der Waals surface area contributed by atoms with Gasteiger partial charge in [-0.3, -0.25) is 9.78 Å². The highest BCUT2D eigenvalue weighted by molar-refractivity contribution is 5.81. The lowest BCUT2D eigenvalue weighted by atomic mass is 9.83. The third-order valence-electron chi connectivity index (χ3n) is 5.74. The van der Waals surface area contributed by atoms with Crippen LogP contribution in [0, 0.1) is 0 Å². The Labute approximate surface area is 172 Å². The number of pyridine rings is 2. The van der Waals surface area contributed by atoms with Gasteiger partial charge in [0.05, 0.1) is 29.3 Å². The van der Waals surface area contributed by atoms with E-state index in [1.807, 2.05) is 55.6 Å². The molecular weight excluding hydrogens is 376 g/mol. The summed E-state index contributed by atoms with van der Waals surface area (Å²) in [5, 5.41) is 14.0. The van der Waals surface area contributed by atoms with E-state index in [9.17, 15) is 9.90 Å². The summed E-state index contributed by atoms with van der Waals surface area (Å²) >= 11 is 0. The maximum Gasteiger partial charge on any atom is 0.250 e. The van der Waals surface area contributed by atoms with Crippen LogP contribution in [0.5, 0.6) is 0 Å². The van der Waals surface area contributed by atoms with Gasteiger partial charge in [0.25, 0.3) is 5.56 Å². The van der Waals surface area contributed by atoms with Crippen LogP contribution in [0.25, 0.3) is 21.8 Å². The van der Waals surface area contributed by atoms with Gasteiger partial charge in [0, 0.05) is 37.3 Å². The molecule has 0 spiro atoms. The van der Waals surface area contributed by atoms with Crippen molar-refractivity contribution in [2.75, 3.05) is 0 Å². The van der Waals surface area contributed by atoms with E-state index in [0.29, 0.717) is 16.8 Å². The zero-order valence-electron chi connectivity index (χ0n) is 16.6. The van der Waals surface area contributed by atoms with Crippen molar-refractivity contribution in [2.45, 2.75) is 5.60 Å². The smallest absolute Gasteiger partial charge is 0.250 e. The van der Waals surface area contributed by atoms with Gasteiger partial charge in [-0.2, -0.15) is 0 Å². The lowest BCUT2D eigenvalue weighted by Gasteiger charge is -2.30. The molecule has 148 valence electrons. The Hall–Kier alpha value is -3.77. The van der Waals surface area contributed by atoms with Crippen LogP contribution in [0.15, 0.2) is 84.2 Å². The van der Waals surface area contributed by atoms with E-state index < -0.39 is 5.60 Å². The van der Waals surface area contributed by atoms with E-state index in [2.05, 4.69) is 9.97 Å². The molecule has 0 aliphatic rings. The third-order valence-corrected chi connectivity index (χ3v) is 5.74. The number of hydrogen-bond donors (Lipinski definition) is 1. The molecule has 5 aromatic rings. The normalized spacial score (nSPS) is 13.6. The lowest BCUT2D eigenvalue weighted by Crippen LogP contribution is -2.31. The molecule has 1 unspecified atom stereocenters. The predicted molar refractivity (Wildman–Crippen MR) is 116 cm³/mol. The second kappa shape index (κ2) is 6.64. The Morgan fingerprint density at radius 3 is 2.50 bits per heavy atom. The maximum absolute atomic E-state index is 12.2. The number of fused-ring (bicyclic) bond motifs is 2. The maximum atomic E-state index is 12.2. The van der Waals surface area contributed by atoms with Crippen molar-refractivity contribution in [1.82, 2.24) is 19.1 Å². The fourth-order valence-corrected chi connectivity index (χ4v) is 4.05. The number of imidazole rings is 1. The van der Waals surface area contributed by atoms with Gasteiger partial charge in [-0.05, 0) is 41.3 Å². The fraction of sp³-hybridized carbons (Fsp3) is 0.125. The van der Waals surface area contributed by atoms with Crippen LogP contribution < -0.4 is 5.56 Å². The Morgan fingerprint density at radius 1 is 0.900 bits per heavy atom. The molecule has 6 heteroatoms. The summed E-state index contributed by atoms with van der Waals surface area (Å²) in [5.41, 5.74) is 2.07. The number of aliphatic hydroxyl groups is 1. The molecule has 0 fully saturated rings. The summed E-state index contributed by atoms with van der Waals surface area (Å²) in [7, 11) is 3.59. The third kappa shape index (κ3) is 2.65. The second-order valence-electron chi connectivity index (χ2n) is 7.52. The Balaban J connectivity index is 1.81. The van der Waals surface area contributed by atoms with Gasteiger partial charge in [0.15, 0.2) is 5.60 Å². The van der Waals surface area contributed by atoms with Gasteiger partial charge >= 0.3 is 0 Å². The van der Waals surface area contributed by atoms with E-state index >= 15 is 0 Å². The summed E-state index contributed by atoms with van der Waals surface area (Å²) in [4.78, 5) is 20.8. The molecule has 0 amide bonds. The number of benzene rings is 2. The first kappa shape index (κ1) is 18.3. The number of para-hydroxylation sites is 1. The zero-order chi connectivity index (χ0) is 20.9. The van der Waals surface area contributed by atoms with Gasteiger partial charge in [-0.15, -0.1) is 0 Å². The number of hydrogen-bond acceptors (Lipinski definition) is 4. The molecule has 0 aliphatic carbocycles. The molecule has 3 heterocycles. The van der Waals surface area contributed by atoms with Crippen molar-refractivity contribution >= 4 is 21.8 Å². The molecular formula is C24H20N4O2. The minimum Gasteiger partial charge on any atom is -0.374 e. The molecule has 0 saturated carbocycles. The topological polar surface area (TPSA) is 72.9 Å². The summed E-state index contributed by atoms with van der Waals surface area (Å²) in [5.74, 6) is 0. The van der Waals surface area contributed by atoms with Gasteiger partial charge in [0.1, 0.15) is 0 Å². The summed E-state index contributed by atoms with van der Waals surface area (Å²) in [6.07, 6.45) is 5.04. The molecule has 1 atom stereocenters. The molecule has 3 aromatic heterocycles. The van der Waals surface area contributed by atoms with Crippen LogP contribution in [0.3, 0.4) is 0 Å². The molecule has 0 aliphatic heterocycles. The van der Waals surface area contributed by atoms with Gasteiger partial charge < -0.3 is 14.2 Å². The summed E-state index contributed by atoms with van der Waals surface area (Å²) < 4.78 is 3.40. The quantitative estimate of drug-likeness (QED) is 0.509. The number of nitrogens with zero attached hydrogens (tertiary/aromatic N) is 4. The highest BCUT2D eigenvalue weighted by Gasteiger charge is 2.37. The van der Waals surface area contributed by atoms with Gasteiger partial charge in [0.2, 0.25) is 0 Å². The van der Waals surface area contributed by atoms with E-state index in [1.165, 1.54) is 6.07 Å². The van der Waals surface area contributed by atoms with Crippen molar-refractivity contribution in [3.05, 3.63) is 107 Å². The second-order valence-corrected chi connectivity index (χ2v) is 7.52. The van der Waals surface area contributed by atoms with Crippen molar-refractivity contribution in [3.63, 3.8) is 0 Å². The van der Waals surface area contributed by atoms with E-state index in [1.54, 1.807) is 41.0 Å². The lowest BCUT2D eigenvalue weighted by molar-refractivity contribution is 0.117. The predicted octanol–water partition coefficient (Wildman–Crippen LogP) is 3.10. The number of aromatic nitrogens is 4. The first-order valence-corrected chi connectivity index (χ1v) is 9.63. The van der Waals surface area contributed by atoms with E-state index in [-0.39, 0.29) is 5.56 Å². The van der Waals surface area contributed by atoms with Crippen LogP contribution in [0.4, 0.5) is 0 Å². The molecule has 0 radical (unpaired) electrons. The van der Waals surface area contributed by atoms with Gasteiger partial charge in [-0.1, -0.05) is 24.3 Å². The van der Waals surface area contributed by atoms with Crippen LogP contribution in [0.1, 0.15) is 16.8 Å². The first-order valence-electron chi connectivity index (χ1n) is 9.63. The summed E-state index contributed by atoms with van der Waals surface area (Å²) in [6, 6.07) is 18.7. The molecule has 0 saturated heterocycles. The number of aryl methyl sites for hydroxylation is 2. The van der Waals surface area contributed by atoms with E-state index in [0.717, 1.165) is 21.8 Å². The average molecular weight is 396 g/mol. The largest absolute Gasteiger partial charge is 0.374 e. The monoisotopic (exact) mass is 396 g/mol. The van der Waals surface area contributed by atoms with Crippen LogP contribution in [0.2, 0.25) is 0 Å². The van der Waals surface area contributed by atoms with Crippen molar-refractivity contribution < 1.29 is 5.11 Å². The molecule has 6 nitrogen and oxygen atoms in total. The molecule has 5 rings (SSSR count). The van der Waals surface area contributed by atoms with Crippen molar-refractivity contribution in [2.24, 2.45) is 14.1 Å². The molecule has 0 bridgehead atoms. The molecule has 1 N–H and O–H groups in total. The highest BCUT2D eigenvalue weighted by Crippen LogP contribution is 2.38. The van der Waals surface area contributed by atoms with Crippen molar-refractivity contribution in [1.29, 1.82) is 0 Å². The average Bonchev–Trinajstić information content (AvgIpc) is 3.21. The fourth-order valence-electron chi connectivity index (χ4n) is 4.05. The molecule has 2 aromatic carbocycles. The Kier molecular flexibility index (Phi) is 4.04. The van der Waals surface area contributed by atoms with E-state index in [4.69, 9.17) is 0 Å². The van der Waals surface area contributed by atoms with Crippen LogP contribution in [-0.4, -0.2) is 24.2 Å². The summed E-state index contributed by atoms with van der Waals surface area (Å²) in [6.45, 7) is 0. The van der Waals surface area contributed by atoms with Gasteiger partial charge in [-0.25, -0.2) is 4.98 Å². The minimum absolute atomic E-state index is 0.0733. The van der Waals surface area contributed by atoms with Crippen molar-refractivity contribution in [3.8, 4) is 0 Å².